The van der Waals surface area contributed by atoms with E-state index in [4.69, 9.17) is 10.00 Å². The lowest BCUT2D eigenvalue weighted by molar-refractivity contribution is -0.131. The van der Waals surface area contributed by atoms with Crippen LogP contribution in [0.1, 0.15) is 24.2 Å². The van der Waals surface area contributed by atoms with Crippen LogP contribution in [-0.2, 0) is 20.9 Å². The minimum absolute atomic E-state index is 0.0371. The zero-order valence-electron chi connectivity index (χ0n) is 18.2. The molecule has 2 amide bonds. The van der Waals surface area contributed by atoms with Crippen LogP contribution in [0.2, 0.25) is 0 Å². The van der Waals surface area contributed by atoms with Gasteiger partial charge in [0.05, 0.1) is 34.2 Å². The van der Waals surface area contributed by atoms with Crippen LogP contribution in [0.5, 0.6) is 0 Å². The smallest absolute Gasteiger partial charge is 0.253 e. The van der Waals surface area contributed by atoms with Crippen molar-refractivity contribution in [2.45, 2.75) is 36.4 Å². The van der Waals surface area contributed by atoms with Crippen molar-refractivity contribution in [3.05, 3.63) is 53.9 Å². The molecule has 9 nitrogen and oxygen atoms in total. The van der Waals surface area contributed by atoms with Crippen LogP contribution < -0.4 is 16.0 Å². The maximum Gasteiger partial charge on any atom is 0.253 e. The Balaban J connectivity index is 1.15. The Morgan fingerprint density at radius 3 is 2.94 bits per heavy atom. The van der Waals surface area contributed by atoms with Crippen LogP contribution in [-0.4, -0.2) is 46.3 Å². The van der Waals surface area contributed by atoms with Crippen molar-refractivity contribution >= 4 is 46.0 Å². The van der Waals surface area contributed by atoms with Gasteiger partial charge in [-0.25, -0.2) is 9.97 Å². The Kier molecular flexibility index (Phi) is 6.40. The van der Waals surface area contributed by atoms with Crippen molar-refractivity contribution in [1.82, 2.24) is 15.3 Å². The fourth-order valence-corrected chi connectivity index (χ4v) is 4.75. The van der Waals surface area contributed by atoms with Gasteiger partial charge in [-0.15, -0.1) is 11.8 Å². The summed E-state index contributed by atoms with van der Waals surface area (Å²) in [5.41, 5.74) is 2.28. The number of nitriles is 1. The molecule has 2 aromatic heterocycles. The van der Waals surface area contributed by atoms with Gasteiger partial charge >= 0.3 is 0 Å². The number of carbonyl (C=O) groups excluding carboxylic acids is 2. The van der Waals surface area contributed by atoms with E-state index in [-0.39, 0.29) is 17.9 Å². The molecule has 3 N–H and O–H groups in total. The molecule has 5 rings (SSSR count). The molecule has 0 saturated carbocycles. The number of pyridine rings is 2. The Morgan fingerprint density at radius 1 is 1.21 bits per heavy atom. The summed E-state index contributed by atoms with van der Waals surface area (Å²) in [7, 11) is 0. The Hall–Kier alpha value is -3.52. The largest absolute Gasteiger partial charge is 0.367 e. The number of nitrogens with one attached hydrogen (secondary N) is 3. The summed E-state index contributed by atoms with van der Waals surface area (Å²) in [5, 5.41) is 19.1. The van der Waals surface area contributed by atoms with Crippen molar-refractivity contribution in [3.8, 4) is 6.07 Å². The molecular weight excluding hydrogens is 452 g/mol. The number of thioether (sulfide) groups is 1. The molecule has 3 aromatic rings. The first-order chi connectivity index (χ1) is 16.6. The normalized spacial score (nSPS) is 19.7. The van der Waals surface area contributed by atoms with E-state index in [1.54, 1.807) is 12.1 Å². The van der Waals surface area contributed by atoms with Crippen molar-refractivity contribution in [2.24, 2.45) is 0 Å². The summed E-state index contributed by atoms with van der Waals surface area (Å²) < 4.78 is 5.85. The minimum Gasteiger partial charge on any atom is -0.367 e. The molecule has 0 unspecified atom stereocenters. The lowest BCUT2D eigenvalue weighted by Crippen LogP contribution is -2.43. The molecule has 1 aromatic carbocycles. The number of amides is 2. The maximum atomic E-state index is 12.8. The van der Waals surface area contributed by atoms with E-state index in [1.807, 2.05) is 36.4 Å². The van der Waals surface area contributed by atoms with Crippen LogP contribution in [0.25, 0.3) is 10.9 Å². The highest BCUT2D eigenvalue weighted by Crippen LogP contribution is 2.29. The van der Waals surface area contributed by atoms with Crippen LogP contribution in [0, 0.1) is 11.3 Å². The maximum absolute atomic E-state index is 12.8. The van der Waals surface area contributed by atoms with Crippen LogP contribution in [0.15, 0.2) is 47.4 Å². The molecule has 0 radical (unpaired) electrons. The summed E-state index contributed by atoms with van der Waals surface area (Å²) in [6.45, 7) is 0.948. The summed E-state index contributed by atoms with van der Waals surface area (Å²) in [4.78, 5) is 34.2. The number of aromatic nitrogens is 2. The van der Waals surface area contributed by atoms with Gasteiger partial charge in [0.1, 0.15) is 23.7 Å². The van der Waals surface area contributed by atoms with E-state index < -0.39 is 6.10 Å². The predicted octanol–water partition coefficient (Wildman–Crippen LogP) is 2.82. The highest BCUT2D eigenvalue weighted by Gasteiger charge is 2.27. The lowest BCUT2D eigenvalue weighted by atomic mass is 10.0. The number of carbonyl (C=O) groups is 2. The van der Waals surface area contributed by atoms with Crippen molar-refractivity contribution in [3.63, 3.8) is 0 Å². The zero-order chi connectivity index (χ0) is 23.5. The molecule has 4 heterocycles. The molecular formula is C24H22N6O3S. The van der Waals surface area contributed by atoms with Crippen LogP contribution in [0.4, 0.5) is 11.5 Å². The predicted molar refractivity (Wildman–Crippen MR) is 128 cm³/mol. The summed E-state index contributed by atoms with van der Waals surface area (Å²) in [5.74, 6) is 0.768. The molecule has 0 bridgehead atoms. The highest BCUT2D eigenvalue weighted by molar-refractivity contribution is 8.00. The average Bonchev–Trinajstić information content (AvgIpc) is 2.87. The lowest BCUT2D eigenvalue weighted by Gasteiger charge is -2.29. The molecule has 172 valence electrons. The Bertz CT molecular complexity index is 1300. The number of para-hydroxylation sites is 1. The van der Waals surface area contributed by atoms with Crippen LogP contribution in [0.3, 0.4) is 0 Å². The van der Waals surface area contributed by atoms with Gasteiger partial charge in [0, 0.05) is 18.0 Å². The molecule has 34 heavy (non-hydrogen) atoms. The number of rotatable bonds is 5. The summed E-state index contributed by atoms with van der Waals surface area (Å²) >= 11 is 1.49. The molecule has 1 saturated heterocycles. The van der Waals surface area contributed by atoms with E-state index in [9.17, 15) is 9.59 Å². The number of fused-ring (bicyclic) bond motifs is 2. The molecule has 0 spiro atoms. The second kappa shape index (κ2) is 9.77. The minimum atomic E-state index is -0.554. The highest BCUT2D eigenvalue weighted by atomic mass is 32.2. The van der Waals surface area contributed by atoms with E-state index in [0.717, 1.165) is 22.4 Å². The van der Waals surface area contributed by atoms with Crippen molar-refractivity contribution in [2.75, 3.05) is 23.0 Å². The van der Waals surface area contributed by atoms with Gasteiger partial charge in [0.2, 0.25) is 5.91 Å². The first-order valence-electron chi connectivity index (χ1n) is 11.0. The van der Waals surface area contributed by atoms with E-state index in [1.165, 1.54) is 11.8 Å². The quantitative estimate of drug-likeness (QED) is 0.515. The Labute approximate surface area is 200 Å². The van der Waals surface area contributed by atoms with Gasteiger partial charge in [-0.3, -0.25) is 9.59 Å². The third-order valence-corrected chi connectivity index (χ3v) is 6.81. The van der Waals surface area contributed by atoms with Gasteiger partial charge in [0.15, 0.2) is 0 Å². The number of nitrogens with zero attached hydrogens (tertiary/aromatic N) is 3. The summed E-state index contributed by atoms with van der Waals surface area (Å²) in [6.07, 6.45) is 0.804. The van der Waals surface area contributed by atoms with E-state index in [2.05, 4.69) is 25.9 Å². The molecule has 0 aliphatic carbocycles. The van der Waals surface area contributed by atoms with E-state index in [0.29, 0.717) is 48.0 Å². The van der Waals surface area contributed by atoms with E-state index >= 15 is 0 Å². The van der Waals surface area contributed by atoms with Crippen LogP contribution >= 0.6 is 11.8 Å². The van der Waals surface area contributed by atoms with Gasteiger partial charge in [-0.1, -0.05) is 12.1 Å². The van der Waals surface area contributed by atoms with Gasteiger partial charge in [-0.05, 0) is 43.2 Å². The Morgan fingerprint density at radius 2 is 2.12 bits per heavy atom. The van der Waals surface area contributed by atoms with Crippen molar-refractivity contribution < 1.29 is 14.3 Å². The summed E-state index contributed by atoms with van der Waals surface area (Å²) in [6, 6.07) is 15.0. The third kappa shape index (κ3) is 4.87. The molecule has 2 aliphatic heterocycles. The van der Waals surface area contributed by atoms with Gasteiger partial charge in [-0.2, -0.15) is 5.26 Å². The monoisotopic (exact) mass is 474 g/mol. The number of anilines is 2. The zero-order valence-corrected chi connectivity index (χ0v) is 19.0. The molecule has 1 fully saturated rings. The SMILES string of the molecule is N#Cc1ccc2cccc(NC(=O)[C@@H]3CC[C@@H](NCc4ccc5c(n4)NC(=O)CS5)CO3)c2n1. The standard InChI is InChI=1S/C24H22N6O3S/c25-10-15-5-4-14-2-1-3-18(22(14)27-15)29-24(32)19-8-6-17(12-33-19)26-11-16-7-9-20-23(28-16)30-21(31)13-34-20/h1-5,7,9,17,19,26H,6,8,11-13H2,(H,29,32)(H,28,30,31)/t17-,19+/m1/s1. The number of benzene rings is 1. The first-order valence-corrected chi connectivity index (χ1v) is 12.0. The second-order valence-corrected chi connectivity index (χ2v) is 9.16. The van der Waals surface area contributed by atoms with Gasteiger partial charge in [0.25, 0.3) is 5.91 Å². The first kappa shape index (κ1) is 22.3. The van der Waals surface area contributed by atoms with Crippen molar-refractivity contribution in [1.29, 1.82) is 5.26 Å². The average molecular weight is 475 g/mol. The molecule has 2 atom stereocenters. The fraction of sp³-hybridized carbons (Fsp3) is 0.292. The molecule has 2 aliphatic rings. The third-order valence-electron chi connectivity index (χ3n) is 5.77. The fourth-order valence-electron chi connectivity index (χ4n) is 3.99. The number of hydrogen-bond acceptors (Lipinski definition) is 8. The second-order valence-electron chi connectivity index (χ2n) is 8.14. The van der Waals surface area contributed by atoms with Gasteiger partial charge < -0.3 is 20.7 Å². The number of ether oxygens (including phenoxy) is 1. The number of hydrogen-bond donors (Lipinski definition) is 3. The molecule has 10 heteroatoms. The topological polar surface area (TPSA) is 129 Å².